The number of hydrogen-bond acceptors (Lipinski definition) is 4. The highest BCUT2D eigenvalue weighted by molar-refractivity contribution is 5.94. The Morgan fingerprint density at radius 3 is 3.00 bits per heavy atom. The van der Waals surface area contributed by atoms with Gasteiger partial charge in [-0.05, 0) is 37.3 Å². The van der Waals surface area contributed by atoms with Gasteiger partial charge in [-0.2, -0.15) is 5.26 Å². The topological polar surface area (TPSA) is 83.6 Å². The van der Waals surface area contributed by atoms with Crippen molar-refractivity contribution in [1.29, 1.82) is 5.26 Å². The number of benzene rings is 1. The monoisotopic (exact) mass is 319 g/mol. The Morgan fingerprint density at radius 1 is 1.33 bits per heavy atom. The van der Waals surface area contributed by atoms with Crippen LogP contribution in [0, 0.1) is 11.3 Å². The molecule has 0 fully saturated rings. The number of carbonyl (C=O) groups excluding carboxylic acids is 1. The van der Waals surface area contributed by atoms with Gasteiger partial charge in [0.2, 0.25) is 0 Å². The summed E-state index contributed by atoms with van der Waals surface area (Å²) in [6.45, 7) is 3.30. The molecule has 120 valence electrons. The maximum absolute atomic E-state index is 12.2. The second-order valence-corrected chi connectivity index (χ2v) is 5.32. The molecule has 6 nitrogen and oxygen atoms in total. The molecule has 0 saturated heterocycles. The first-order valence-electron chi connectivity index (χ1n) is 7.81. The van der Waals surface area contributed by atoms with Crippen molar-refractivity contribution in [2.75, 3.05) is 6.54 Å². The maximum Gasteiger partial charge on any atom is 0.251 e. The zero-order valence-electron chi connectivity index (χ0n) is 13.4. The van der Waals surface area contributed by atoms with Gasteiger partial charge in [0.1, 0.15) is 11.3 Å². The van der Waals surface area contributed by atoms with Crippen LogP contribution in [-0.2, 0) is 13.0 Å². The van der Waals surface area contributed by atoms with E-state index in [1.165, 1.54) is 0 Å². The highest BCUT2D eigenvalue weighted by atomic mass is 16.1. The van der Waals surface area contributed by atoms with Crippen molar-refractivity contribution in [2.24, 2.45) is 0 Å². The molecule has 0 aliphatic heterocycles. The number of amides is 1. The highest BCUT2D eigenvalue weighted by Gasteiger charge is 2.11. The number of hydrogen-bond donors (Lipinski definition) is 1. The smallest absolute Gasteiger partial charge is 0.251 e. The molecule has 0 unspecified atom stereocenters. The van der Waals surface area contributed by atoms with Gasteiger partial charge in [-0.15, -0.1) is 0 Å². The van der Waals surface area contributed by atoms with Crippen LogP contribution in [0.1, 0.15) is 28.7 Å². The molecule has 1 aromatic carbocycles. The number of fused-ring (bicyclic) bond motifs is 1. The van der Waals surface area contributed by atoms with Crippen LogP contribution in [0.3, 0.4) is 0 Å². The number of nitrogens with one attached hydrogen (secondary N) is 1. The van der Waals surface area contributed by atoms with Gasteiger partial charge in [-0.3, -0.25) is 4.79 Å². The van der Waals surface area contributed by atoms with E-state index in [9.17, 15) is 4.79 Å². The molecule has 1 N–H and O–H groups in total. The molecular formula is C18H17N5O. The minimum Gasteiger partial charge on any atom is -0.352 e. The van der Waals surface area contributed by atoms with Crippen molar-refractivity contribution in [2.45, 2.75) is 19.9 Å². The average molecular weight is 319 g/mol. The lowest BCUT2D eigenvalue weighted by molar-refractivity contribution is 0.0954. The second kappa shape index (κ2) is 6.92. The Labute approximate surface area is 139 Å². The SMILES string of the molecule is CCn1c(CCNC(=O)c2cccc(C#N)c2)nc2cccnc21. The van der Waals surface area contributed by atoms with Gasteiger partial charge < -0.3 is 9.88 Å². The molecule has 3 aromatic rings. The summed E-state index contributed by atoms with van der Waals surface area (Å²) < 4.78 is 2.05. The third-order valence-electron chi connectivity index (χ3n) is 3.79. The molecule has 1 amide bonds. The molecule has 0 aliphatic carbocycles. The number of imidazole rings is 1. The van der Waals surface area contributed by atoms with E-state index in [-0.39, 0.29) is 5.91 Å². The summed E-state index contributed by atoms with van der Waals surface area (Å²) in [6, 6.07) is 12.5. The minimum absolute atomic E-state index is 0.190. The van der Waals surface area contributed by atoms with Crippen LogP contribution in [-0.4, -0.2) is 27.0 Å². The summed E-state index contributed by atoms with van der Waals surface area (Å²) in [5, 5.41) is 11.8. The zero-order valence-corrected chi connectivity index (χ0v) is 13.4. The first-order valence-corrected chi connectivity index (χ1v) is 7.81. The summed E-state index contributed by atoms with van der Waals surface area (Å²) in [4.78, 5) is 21.1. The first-order chi connectivity index (χ1) is 11.7. The van der Waals surface area contributed by atoms with E-state index in [4.69, 9.17) is 5.26 Å². The molecule has 0 spiro atoms. The van der Waals surface area contributed by atoms with E-state index in [1.807, 2.05) is 25.1 Å². The van der Waals surface area contributed by atoms with Crippen LogP contribution < -0.4 is 5.32 Å². The van der Waals surface area contributed by atoms with Gasteiger partial charge in [0.15, 0.2) is 5.65 Å². The third-order valence-corrected chi connectivity index (χ3v) is 3.79. The molecule has 24 heavy (non-hydrogen) atoms. The van der Waals surface area contributed by atoms with Gasteiger partial charge in [-0.1, -0.05) is 6.07 Å². The Hall–Kier alpha value is -3.20. The van der Waals surface area contributed by atoms with Crippen LogP contribution in [0.4, 0.5) is 0 Å². The number of pyridine rings is 1. The number of aryl methyl sites for hydroxylation is 1. The summed E-state index contributed by atoms with van der Waals surface area (Å²) in [6.07, 6.45) is 2.37. The van der Waals surface area contributed by atoms with Crippen molar-refractivity contribution in [3.05, 3.63) is 59.5 Å². The predicted molar refractivity (Wildman–Crippen MR) is 90.4 cm³/mol. The van der Waals surface area contributed by atoms with Crippen molar-refractivity contribution in [3.63, 3.8) is 0 Å². The molecule has 0 bridgehead atoms. The molecule has 0 atom stereocenters. The fraction of sp³-hybridized carbons (Fsp3) is 0.222. The fourth-order valence-corrected chi connectivity index (χ4v) is 2.65. The van der Waals surface area contributed by atoms with Crippen LogP contribution in [0.2, 0.25) is 0 Å². The lowest BCUT2D eigenvalue weighted by Crippen LogP contribution is -2.26. The van der Waals surface area contributed by atoms with Crippen molar-refractivity contribution in [3.8, 4) is 6.07 Å². The molecular weight excluding hydrogens is 302 g/mol. The lowest BCUT2D eigenvalue weighted by Gasteiger charge is -2.07. The predicted octanol–water partition coefficient (Wildman–Crippen LogP) is 2.30. The number of nitrogens with zero attached hydrogens (tertiary/aromatic N) is 4. The third kappa shape index (κ3) is 3.10. The summed E-state index contributed by atoms with van der Waals surface area (Å²) >= 11 is 0. The minimum atomic E-state index is -0.190. The van der Waals surface area contributed by atoms with Crippen molar-refractivity contribution < 1.29 is 4.79 Å². The van der Waals surface area contributed by atoms with Gasteiger partial charge >= 0.3 is 0 Å². The van der Waals surface area contributed by atoms with Crippen LogP contribution >= 0.6 is 0 Å². The van der Waals surface area contributed by atoms with Gasteiger partial charge in [-0.25, -0.2) is 9.97 Å². The Kier molecular flexibility index (Phi) is 4.52. The Balaban J connectivity index is 1.68. The molecule has 2 aromatic heterocycles. The van der Waals surface area contributed by atoms with E-state index in [2.05, 4.69) is 19.9 Å². The zero-order chi connectivity index (χ0) is 16.9. The standard InChI is InChI=1S/C18H17N5O/c1-2-23-16(22-15-7-4-9-20-17(15)23)8-10-21-18(24)14-6-3-5-13(11-14)12-19/h3-7,9,11H,2,8,10H2,1H3,(H,21,24). The van der Waals surface area contributed by atoms with Crippen molar-refractivity contribution in [1.82, 2.24) is 19.9 Å². The Bertz CT molecular complexity index is 923. The quantitative estimate of drug-likeness (QED) is 0.782. The van der Waals surface area contributed by atoms with Crippen LogP contribution in [0.15, 0.2) is 42.6 Å². The fourth-order valence-electron chi connectivity index (χ4n) is 2.65. The molecule has 6 heteroatoms. The molecule has 0 aliphatic rings. The first kappa shape index (κ1) is 15.7. The van der Waals surface area contributed by atoms with E-state index < -0.39 is 0 Å². The lowest BCUT2D eigenvalue weighted by atomic mass is 10.1. The Morgan fingerprint density at radius 2 is 2.21 bits per heavy atom. The normalized spacial score (nSPS) is 10.5. The summed E-state index contributed by atoms with van der Waals surface area (Å²) in [5.74, 6) is 0.710. The maximum atomic E-state index is 12.2. The largest absolute Gasteiger partial charge is 0.352 e. The van der Waals surface area contributed by atoms with Gasteiger partial charge in [0.05, 0.1) is 11.6 Å². The molecule has 2 heterocycles. The highest BCUT2D eigenvalue weighted by Crippen LogP contribution is 2.13. The van der Waals surface area contributed by atoms with Gasteiger partial charge in [0.25, 0.3) is 5.91 Å². The number of aromatic nitrogens is 3. The summed E-state index contributed by atoms with van der Waals surface area (Å²) in [5.41, 5.74) is 2.69. The van der Waals surface area contributed by atoms with Crippen LogP contribution in [0.25, 0.3) is 11.2 Å². The second-order valence-electron chi connectivity index (χ2n) is 5.32. The average Bonchev–Trinajstić information content (AvgIpc) is 2.99. The number of carbonyl (C=O) groups is 1. The summed E-state index contributed by atoms with van der Waals surface area (Å²) in [7, 11) is 0. The van der Waals surface area contributed by atoms with Gasteiger partial charge in [0, 0.05) is 31.3 Å². The molecule has 0 saturated carbocycles. The van der Waals surface area contributed by atoms with E-state index in [0.29, 0.717) is 24.1 Å². The van der Waals surface area contributed by atoms with Crippen molar-refractivity contribution >= 4 is 17.1 Å². The van der Waals surface area contributed by atoms with E-state index in [1.54, 1.807) is 30.5 Å². The van der Waals surface area contributed by atoms with Crippen LogP contribution in [0.5, 0.6) is 0 Å². The molecule has 0 radical (unpaired) electrons. The van der Waals surface area contributed by atoms with E-state index in [0.717, 1.165) is 23.5 Å². The van der Waals surface area contributed by atoms with E-state index >= 15 is 0 Å². The molecule has 3 rings (SSSR count). The number of nitriles is 1. The number of rotatable bonds is 5.